The van der Waals surface area contributed by atoms with Gasteiger partial charge in [-0.2, -0.15) is 31.4 Å². The number of benzene rings is 1. The molecule has 0 saturated heterocycles. The summed E-state index contributed by atoms with van der Waals surface area (Å²) in [5.74, 6) is -0.0986. The molecule has 0 amide bonds. The van der Waals surface area contributed by atoms with Crippen LogP contribution in [0.2, 0.25) is 10.0 Å². The van der Waals surface area contributed by atoms with Gasteiger partial charge >= 0.3 is 12.4 Å². The van der Waals surface area contributed by atoms with E-state index >= 15 is 0 Å². The number of halogens is 8. The Bertz CT molecular complexity index is 751. The maximum absolute atomic E-state index is 13.1. The Morgan fingerprint density at radius 3 is 2.08 bits per heavy atom. The van der Waals surface area contributed by atoms with Crippen molar-refractivity contribution in [2.45, 2.75) is 32.3 Å². The molecule has 0 atom stereocenters. The van der Waals surface area contributed by atoms with E-state index in [-0.39, 0.29) is 10.8 Å². The number of hydrogen-bond donors (Lipinski definition) is 1. The average Bonchev–Trinajstić information content (AvgIpc) is 2.85. The summed E-state index contributed by atoms with van der Waals surface area (Å²) in [7, 11) is 0. The molecule has 0 radical (unpaired) electrons. The molecule has 0 bridgehead atoms. The van der Waals surface area contributed by atoms with E-state index in [1.807, 2.05) is 0 Å². The fourth-order valence-corrected chi connectivity index (χ4v) is 2.60. The van der Waals surface area contributed by atoms with Gasteiger partial charge in [0.15, 0.2) is 5.69 Å². The molecule has 1 heterocycles. The van der Waals surface area contributed by atoms with E-state index in [2.05, 4.69) is 5.10 Å². The zero-order valence-electron chi connectivity index (χ0n) is 12.6. The molecule has 138 valence electrons. The zero-order valence-corrected chi connectivity index (χ0v) is 14.1. The smallest absolute Gasteiger partial charge is 0.435 e. The monoisotopic (exact) mass is 406 g/mol. The van der Waals surface area contributed by atoms with Crippen LogP contribution >= 0.6 is 23.2 Å². The second-order valence-corrected chi connectivity index (χ2v) is 6.06. The van der Waals surface area contributed by atoms with Crippen molar-refractivity contribution in [2.24, 2.45) is 0 Å². The zero-order chi connectivity index (χ0) is 19.2. The van der Waals surface area contributed by atoms with Crippen molar-refractivity contribution in [1.82, 2.24) is 10.2 Å². The van der Waals surface area contributed by atoms with Crippen LogP contribution in [0.5, 0.6) is 5.75 Å². The molecule has 0 aliphatic carbocycles. The largest absolute Gasteiger partial charge is 0.489 e. The van der Waals surface area contributed by atoms with Gasteiger partial charge in [-0.15, -0.1) is 0 Å². The van der Waals surface area contributed by atoms with Crippen LogP contribution in [0, 0.1) is 0 Å². The lowest BCUT2D eigenvalue weighted by molar-refractivity contribution is -0.142. The second-order valence-electron chi connectivity index (χ2n) is 5.25. The molecule has 0 fully saturated rings. The van der Waals surface area contributed by atoms with Gasteiger partial charge in [0.05, 0.1) is 16.1 Å². The van der Waals surface area contributed by atoms with Gasteiger partial charge in [-0.25, -0.2) is 0 Å². The van der Waals surface area contributed by atoms with Crippen molar-refractivity contribution in [1.29, 1.82) is 0 Å². The highest BCUT2D eigenvalue weighted by molar-refractivity contribution is 6.37. The number of ether oxygens (including phenoxy) is 1. The molecule has 11 heteroatoms. The molecule has 1 N–H and O–H groups in total. The lowest BCUT2D eigenvalue weighted by Crippen LogP contribution is -2.11. The molecular weight excluding hydrogens is 397 g/mol. The first-order valence-electron chi connectivity index (χ1n) is 6.71. The Hall–Kier alpha value is -1.61. The van der Waals surface area contributed by atoms with Gasteiger partial charge in [0.2, 0.25) is 0 Å². The molecular formula is C14H10Cl2F6N2O. The summed E-state index contributed by atoms with van der Waals surface area (Å²) in [4.78, 5) is 0. The number of aromatic amines is 1. The quantitative estimate of drug-likeness (QED) is 0.615. The fraction of sp³-hybridized carbons (Fsp3) is 0.357. The van der Waals surface area contributed by atoms with Gasteiger partial charge in [-0.1, -0.05) is 23.2 Å². The first-order chi connectivity index (χ1) is 11.3. The van der Waals surface area contributed by atoms with E-state index in [4.69, 9.17) is 27.9 Å². The Labute approximate surface area is 147 Å². The molecule has 0 aliphatic heterocycles. The van der Waals surface area contributed by atoms with Gasteiger partial charge in [-0.05, 0) is 26.0 Å². The number of nitrogens with one attached hydrogen (secondary N) is 1. The van der Waals surface area contributed by atoms with E-state index < -0.39 is 46.0 Å². The van der Waals surface area contributed by atoms with Crippen LogP contribution in [0.15, 0.2) is 12.1 Å². The van der Waals surface area contributed by atoms with Crippen molar-refractivity contribution >= 4 is 23.2 Å². The van der Waals surface area contributed by atoms with Crippen molar-refractivity contribution in [3.05, 3.63) is 33.6 Å². The SMILES string of the molecule is CC(C)Oc1cc(-c2c(C(F)(F)F)n[nH]c2C(F)(F)F)c(Cl)cc1Cl. The van der Waals surface area contributed by atoms with Gasteiger partial charge in [0.1, 0.15) is 11.4 Å². The Morgan fingerprint density at radius 2 is 1.60 bits per heavy atom. The minimum atomic E-state index is -5.13. The maximum atomic E-state index is 13.1. The highest BCUT2D eigenvalue weighted by atomic mass is 35.5. The number of rotatable bonds is 3. The first-order valence-corrected chi connectivity index (χ1v) is 7.46. The second kappa shape index (κ2) is 6.60. The Morgan fingerprint density at radius 1 is 1.00 bits per heavy atom. The average molecular weight is 407 g/mol. The Kier molecular flexibility index (Phi) is 5.21. The minimum Gasteiger partial charge on any atom is -0.489 e. The molecule has 3 nitrogen and oxygen atoms in total. The molecule has 2 rings (SSSR count). The van der Waals surface area contributed by atoms with Crippen LogP contribution in [0.25, 0.3) is 11.1 Å². The van der Waals surface area contributed by atoms with Gasteiger partial charge < -0.3 is 4.74 Å². The van der Waals surface area contributed by atoms with E-state index in [0.717, 1.165) is 12.1 Å². The van der Waals surface area contributed by atoms with Crippen molar-refractivity contribution in [3.8, 4) is 16.9 Å². The van der Waals surface area contributed by atoms with E-state index in [9.17, 15) is 26.3 Å². The van der Waals surface area contributed by atoms with Crippen LogP contribution < -0.4 is 4.74 Å². The molecule has 25 heavy (non-hydrogen) atoms. The van der Waals surface area contributed by atoms with Crippen molar-refractivity contribution < 1.29 is 31.1 Å². The summed E-state index contributed by atoms with van der Waals surface area (Å²) in [6.07, 6.45) is -10.6. The summed E-state index contributed by atoms with van der Waals surface area (Å²) in [6, 6.07) is 1.95. The third kappa shape index (κ3) is 4.14. The molecule has 1 aromatic carbocycles. The number of aromatic nitrogens is 2. The topological polar surface area (TPSA) is 37.9 Å². The molecule has 0 unspecified atom stereocenters. The predicted octanol–water partition coefficient (Wildman–Crippen LogP) is 6.21. The van der Waals surface area contributed by atoms with Crippen LogP contribution in [0.1, 0.15) is 25.2 Å². The Balaban J connectivity index is 2.79. The van der Waals surface area contributed by atoms with Gasteiger partial charge in [0.25, 0.3) is 0 Å². The highest BCUT2D eigenvalue weighted by Crippen LogP contribution is 2.47. The molecule has 1 aromatic heterocycles. The third-order valence-corrected chi connectivity index (χ3v) is 3.58. The van der Waals surface area contributed by atoms with E-state index in [0.29, 0.717) is 0 Å². The van der Waals surface area contributed by atoms with Gasteiger partial charge in [-0.3, -0.25) is 5.10 Å². The molecule has 0 saturated carbocycles. The molecule has 0 aliphatic rings. The summed E-state index contributed by atoms with van der Waals surface area (Å²) in [5.41, 5.74) is -5.16. The maximum Gasteiger partial charge on any atom is 0.435 e. The summed E-state index contributed by atoms with van der Waals surface area (Å²) < 4.78 is 84.0. The standard InChI is InChI=1S/C14H10Cl2F6N2O/c1-5(2)25-9-3-6(7(15)4-8(9)16)10-11(13(17,18)19)23-24-12(10)14(20,21)22/h3-5H,1-2H3,(H,23,24). The van der Waals surface area contributed by atoms with Crippen molar-refractivity contribution in [3.63, 3.8) is 0 Å². The normalized spacial score (nSPS) is 12.8. The van der Waals surface area contributed by atoms with Gasteiger partial charge in [0, 0.05) is 11.1 Å². The number of alkyl halides is 6. The highest BCUT2D eigenvalue weighted by Gasteiger charge is 2.45. The summed E-state index contributed by atoms with van der Waals surface area (Å²) in [6.45, 7) is 3.23. The lowest BCUT2D eigenvalue weighted by Gasteiger charge is -2.16. The molecule has 2 aromatic rings. The number of H-pyrrole nitrogens is 1. The lowest BCUT2D eigenvalue weighted by atomic mass is 10.0. The third-order valence-electron chi connectivity index (χ3n) is 2.97. The first kappa shape index (κ1) is 19.7. The number of hydrogen-bond acceptors (Lipinski definition) is 2. The number of nitrogens with zero attached hydrogens (tertiary/aromatic N) is 1. The van der Waals surface area contributed by atoms with E-state index in [1.165, 1.54) is 5.10 Å². The van der Waals surface area contributed by atoms with Crippen molar-refractivity contribution in [2.75, 3.05) is 0 Å². The molecule has 0 spiro atoms. The van der Waals surface area contributed by atoms with Crippen LogP contribution in [-0.2, 0) is 12.4 Å². The van der Waals surface area contributed by atoms with Crippen LogP contribution in [0.4, 0.5) is 26.3 Å². The minimum absolute atomic E-state index is 0.0481. The predicted molar refractivity (Wildman–Crippen MR) is 79.8 cm³/mol. The summed E-state index contributed by atoms with van der Waals surface area (Å²) >= 11 is 11.7. The van der Waals surface area contributed by atoms with E-state index in [1.54, 1.807) is 13.8 Å². The summed E-state index contributed by atoms with van der Waals surface area (Å²) in [5, 5.41) is 3.72. The van der Waals surface area contributed by atoms with Crippen LogP contribution in [-0.4, -0.2) is 16.3 Å². The fourth-order valence-electron chi connectivity index (χ4n) is 2.08. The van der Waals surface area contributed by atoms with Crippen LogP contribution in [0.3, 0.4) is 0 Å².